The summed E-state index contributed by atoms with van der Waals surface area (Å²) in [5, 5.41) is 4.67. The first-order valence-corrected chi connectivity index (χ1v) is 8.58. The molecule has 0 unspecified atom stereocenters. The van der Waals surface area contributed by atoms with E-state index in [9.17, 15) is 4.79 Å². The Hall–Kier alpha value is -2.72. The second-order valence-corrected chi connectivity index (χ2v) is 6.33. The number of aromatic nitrogens is 1. The highest BCUT2D eigenvalue weighted by atomic mass is 35.5. The van der Waals surface area contributed by atoms with Crippen LogP contribution in [0.4, 0.5) is 0 Å². The van der Waals surface area contributed by atoms with E-state index in [2.05, 4.69) is 5.32 Å². The SMILES string of the molecule is CCn1c(C(=O)NCc2ccc(Cl)cc2)cc2oc3ccccc3c21. The van der Waals surface area contributed by atoms with Crippen LogP contribution in [-0.2, 0) is 13.1 Å². The Morgan fingerprint density at radius 2 is 1.88 bits per heavy atom. The molecule has 126 valence electrons. The Bertz CT molecular complexity index is 1060. The van der Waals surface area contributed by atoms with Gasteiger partial charge in [0.1, 0.15) is 11.3 Å². The zero-order valence-electron chi connectivity index (χ0n) is 13.8. The van der Waals surface area contributed by atoms with Crippen LogP contribution in [0.1, 0.15) is 23.0 Å². The van der Waals surface area contributed by atoms with Crippen molar-refractivity contribution in [2.75, 3.05) is 0 Å². The van der Waals surface area contributed by atoms with Crippen molar-refractivity contribution in [2.45, 2.75) is 20.0 Å². The van der Waals surface area contributed by atoms with Crippen LogP contribution in [0.2, 0.25) is 5.02 Å². The van der Waals surface area contributed by atoms with Gasteiger partial charge in [0.25, 0.3) is 5.91 Å². The highest BCUT2D eigenvalue weighted by Crippen LogP contribution is 2.31. The van der Waals surface area contributed by atoms with E-state index in [4.69, 9.17) is 16.0 Å². The zero-order valence-corrected chi connectivity index (χ0v) is 14.5. The monoisotopic (exact) mass is 352 g/mol. The van der Waals surface area contributed by atoms with Crippen molar-refractivity contribution in [1.82, 2.24) is 9.88 Å². The smallest absolute Gasteiger partial charge is 0.268 e. The lowest BCUT2D eigenvalue weighted by Crippen LogP contribution is -2.25. The van der Waals surface area contributed by atoms with Crippen molar-refractivity contribution in [3.05, 3.63) is 70.9 Å². The predicted octanol–water partition coefficient (Wildman–Crippen LogP) is 4.99. The van der Waals surface area contributed by atoms with Gasteiger partial charge >= 0.3 is 0 Å². The van der Waals surface area contributed by atoms with Crippen LogP contribution in [0.5, 0.6) is 0 Å². The molecule has 1 amide bonds. The number of nitrogens with zero attached hydrogens (tertiary/aromatic N) is 1. The molecule has 0 saturated carbocycles. The van der Waals surface area contributed by atoms with Crippen LogP contribution in [0.25, 0.3) is 22.1 Å². The Balaban J connectivity index is 1.66. The second-order valence-electron chi connectivity index (χ2n) is 5.89. The molecule has 25 heavy (non-hydrogen) atoms. The van der Waals surface area contributed by atoms with E-state index in [0.717, 1.165) is 27.6 Å². The third-order valence-electron chi connectivity index (χ3n) is 4.34. The van der Waals surface area contributed by atoms with Crippen LogP contribution < -0.4 is 5.32 Å². The predicted molar refractivity (Wildman–Crippen MR) is 100 cm³/mol. The number of para-hydroxylation sites is 1. The minimum absolute atomic E-state index is 0.118. The number of amides is 1. The van der Waals surface area contributed by atoms with Crippen molar-refractivity contribution in [2.24, 2.45) is 0 Å². The molecule has 4 aromatic rings. The topological polar surface area (TPSA) is 47.2 Å². The maximum Gasteiger partial charge on any atom is 0.268 e. The van der Waals surface area contributed by atoms with Crippen LogP contribution in [0.15, 0.2) is 59.0 Å². The van der Waals surface area contributed by atoms with E-state index in [1.54, 1.807) is 0 Å². The number of furan rings is 1. The Kier molecular flexibility index (Phi) is 3.98. The standard InChI is InChI=1S/C20H17ClN2O2/c1-2-23-16(20(24)22-12-13-7-9-14(21)10-8-13)11-18-19(23)15-5-3-4-6-17(15)25-18/h3-11H,2,12H2,1H3,(H,22,24). The second kappa shape index (κ2) is 6.30. The van der Waals surface area contributed by atoms with Gasteiger partial charge in [-0.05, 0) is 36.8 Å². The molecule has 4 nitrogen and oxygen atoms in total. The molecule has 0 spiro atoms. The van der Waals surface area contributed by atoms with Crippen LogP contribution in [0, 0.1) is 0 Å². The van der Waals surface area contributed by atoms with Gasteiger partial charge in [-0.15, -0.1) is 0 Å². The van der Waals surface area contributed by atoms with Crippen molar-refractivity contribution in [3.8, 4) is 0 Å². The van der Waals surface area contributed by atoms with Gasteiger partial charge in [0.05, 0.1) is 5.52 Å². The summed E-state index contributed by atoms with van der Waals surface area (Å²) in [6.45, 7) is 3.17. The Morgan fingerprint density at radius 3 is 2.64 bits per heavy atom. The van der Waals surface area contributed by atoms with Crippen molar-refractivity contribution >= 4 is 39.6 Å². The third-order valence-corrected chi connectivity index (χ3v) is 4.59. The number of fused-ring (bicyclic) bond motifs is 3. The third kappa shape index (κ3) is 2.79. The first kappa shape index (κ1) is 15.8. The number of nitrogens with one attached hydrogen (secondary N) is 1. The van der Waals surface area contributed by atoms with Gasteiger partial charge in [-0.2, -0.15) is 0 Å². The summed E-state index contributed by atoms with van der Waals surface area (Å²) in [5.74, 6) is -0.118. The van der Waals surface area contributed by atoms with Gasteiger partial charge in [-0.1, -0.05) is 35.9 Å². The largest absolute Gasteiger partial charge is 0.454 e. The van der Waals surface area contributed by atoms with Gasteiger partial charge in [-0.25, -0.2) is 0 Å². The van der Waals surface area contributed by atoms with Crippen LogP contribution in [0.3, 0.4) is 0 Å². The summed E-state index contributed by atoms with van der Waals surface area (Å²) in [7, 11) is 0. The fourth-order valence-electron chi connectivity index (χ4n) is 3.14. The molecule has 2 aromatic heterocycles. The first-order chi connectivity index (χ1) is 12.2. The fraction of sp³-hybridized carbons (Fsp3) is 0.150. The fourth-order valence-corrected chi connectivity index (χ4v) is 3.27. The van der Waals surface area contributed by atoms with E-state index in [0.29, 0.717) is 23.8 Å². The highest BCUT2D eigenvalue weighted by molar-refractivity contribution is 6.30. The molecule has 5 heteroatoms. The number of aryl methyl sites for hydroxylation is 1. The number of carbonyl (C=O) groups excluding carboxylic acids is 1. The molecular formula is C20H17ClN2O2. The van der Waals surface area contributed by atoms with Crippen molar-refractivity contribution in [3.63, 3.8) is 0 Å². The zero-order chi connectivity index (χ0) is 17.4. The van der Waals surface area contributed by atoms with E-state index in [1.807, 2.05) is 66.1 Å². The summed E-state index contributed by atoms with van der Waals surface area (Å²) in [6.07, 6.45) is 0. The average molecular weight is 353 g/mol. The Labute approximate surface area is 150 Å². The number of halogens is 1. The van der Waals surface area contributed by atoms with Gasteiger partial charge in [0.2, 0.25) is 0 Å². The van der Waals surface area contributed by atoms with Gasteiger partial charge in [0, 0.05) is 29.6 Å². The molecule has 0 aliphatic heterocycles. The average Bonchev–Trinajstić information content (AvgIpc) is 3.16. The maximum absolute atomic E-state index is 12.7. The minimum Gasteiger partial charge on any atom is -0.454 e. The van der Waals surface area contributed by atoms with E-state index in [-0.39, 0.29) is 5.91 Å². The molecule has 0 aliphatic rings. The summed E-state index contributed by atoms with van der Waals surface area (Å²) >= 11 is 5.89. The molecule has 4 rings (SSSR count). The summed E-state index contributed by atoms with van der Waals surface area (Å²) in [5.41, 5.74) is 4.15. The molecule has 1 N–H and O–H groups in total. The molecule has 2 heterocycles. The summed E-state index contributed by atoms with van der Waals surface area (Å²) in [6, 6.07) is 17.1. The van der Waals surface area contributed by atoms with E-state index < -0.39 is 0 Å². The van der Waals surface area contributed by atoms with E-state index >= 15 is 0 Å². The van der Waals surface area contributed by atoms with Crippen molar-refractivity contribution in [1.29, 1.82) is 0 Å². The lowest BCUT2D eigenvalue weighted by Gasteiger charge is -2.09. The van der Waals surface area contributed by atoms with Gasteiger partial charge < -0.3 is 14.3 Å². The van der Waals surface area contributed by atoms with Gasteiger partial charge in [-0.3, -0.25) is 4.79 Å². The number of carbonyl (C=O) groups is 1. The Morgan fingerprint density at radius 1 is 1.12 bits per heavy atom. The molecule has 0 aliphatic carbocycles. The molecule has 2 aromatic carbocycles. The molecule has 0 saturated heterocycles. The van der Waals surface area contributed by atoms with Crippen LogP contribution >= 0.6 is 11.6 Å². The molecule has 0 fully saturated rings. The van der Waals surface area contributed by atoms with Gasteiger partial charge in [0.15, 0.2) is 5.58 Å². The number of rotatable bonds is 4. The quantitative estimate of drug-likeness (QED) is 0.562. The number of hydrogen-bond donors (Lipinski definition) is 1. The first-order valence-electron chi connectivity index (χ1n) is 8.21. The molecule has 0 bridgehead atoms. The highest BCUT2D eigenvalue weighted by Gasteiger charge is 2.19. The maximum atomic E-state index is 12.7. The van der Waals surface area contributed by atoms with Crippen molar-refractivity contribution < 1.29 is 9.21 Å². The molecule has 0 radical (unpaired) electrons. The lowest BCUT2D eigenvalue weighted by molar-refractivity contribution is 0.0942. The van der Waals surface area contributed by atoms with Crippen LogP contribution in [-0.4, -0.2) is 10.5 Å². The summed E-state index contributed by atoms with van der Waals surface area (Å²) < 4.78 is 7.88. The van der Waals surface area contributed by atoms with E-state index in [1.165, 1.54) is 0 Å². The normalized spacial score (nSPS) is 11.3. The minimum atomic E-state index is -0.118. The lowest BCUT2D eigenvalue weighted by atomic mass is 10.2. The molecular weight excluding hydrogens is 336 g/mol. The summed E-state index contributed by atoms with van der Waals surface area (Å²) in [4.78, 5) is 12.7. The number of hydrogen-bond acceptors (Lipinski definition) is 2. The number of benzene rings is 2. The molecule has 0 atom stereocenters.